The molecule has 2 fully saturated rings. The number of ether oxygens (including phenoxy) is 1. The normalized spacial score (nSPS) is 30.0. The quantitative estimate of drug-likeness (QED) is 0.861. The van der Waals surface area contributed by atoms with Crippen molar-refractivity contribution in [2.24, 2.45) is 5.92 Å². The number of rotatable bonds is 3. The lowest BCUT2D eigenvalue weighted by Crippen LogP contribution is -2.41. The second kappa shape index (κ2) is 5.64. The van der Waals surface area contributed by atoms with Crippen LogP contribution in [0.4, 0.5) is 0 Å². The largest absolute Gasteiger partial charge is 0.494 e. The average Bonchev–Trinajstić information content (AvgIpc) is 2.92. The predicted octanol–water partition coefficient (Wildman–Crippen LogP) is 1.54. The Morgan fingerprint density at radius 2 is 1.64 bits per heavy atom. The molecule has 0 amide bonds. The minimum Gasteiger partial charge on any atom is -0.399 e. The van der Waals surface area contributed by atoms with Crippen LogP contribution in [-0.4, -0.2) is 42.7 Å². The van der Waals surface area contributed by atoms with Crippen LogP contribution in [0.5, 0.6) is 0 Å². The van der Waals surface area contributed by atoms with Crippen molar-refractivity contribution in [3.8, 4) is 0 Å². The first kappa shape index (κ1) is 16.0. The summed E-state index contributed by atoms with van der Waals surface area (Å²) >= 11 is 0. The van der Waals surface area contributed by atoms with Gasteiger partial charge in [0.2, 0.25) is 0 Å². The molecule has 0 spiro atoms. The van der Waals surface area contributed by atoms with Gasteiger partial charge in [-0.15, -0.1) is 0 Å². The Morgan fingerprint density at radius 3 is 2.14 bits per heavy atom. The van der Waals surface area contributed by atoms with Crippen LogP contribution in [-0.2, 0) is 20.5 Å². The Bertz CT molecular complexity index is 510. The molecule has 2 saturated heterocycles. The minimum absolute atomic E-state index is 0.197. The molecule has 2 heterocycles. The third-order valence-corrected chi connectivity index (χ3v) is 5.17. The van der Waals surface area contributed by atoms with E-state index in [1.165, 1.54) is 5.56 Å². The summed E-state index contributed by atoms with van der Waals surface area (Å²) in [6.07, 6.45) is 0.493. The highest BCUT2D eigenvalue weighted by Crippen LogP contribution is 2.36. The monoisotopic (exact) mass is 304 g/mol. The third kappa shape index (κ3) is 2.95. The van der Waals surface area contributed by atoms with Crippen LogP contribution in [0.1, 0.15) is 33.3 Å². The molecule has 2 aliphatic heterocycles. The van der Waals surface area contributed by atoms with Crippen LogP contribution < -0.4 is 5.46 Å². The first-order valence-corrected chi connectivity index (χ1v) is 7.99. The summed E-state index contributed by atoms with van der Waals surface area (Å²) in [5.74, 6) is 0.197. The van der Waals surface area contributed by atoms with E-state index in [9.17, 15) is 5.11 Å². The van der Waals surface area contributed by atoms with E-state index in [-0.39, 0.29) is 30.3 Å². The molecule has 1 aromatic rings. The van der Waals surface area contributed by atoms with E-state index in [2.05, 4.69) is 52.0 Å². The maximum absolute atomic E-state index is 9.83. The van der Waals surface area contributed by atoms with Crippen LogP contribution in [0, 0.1) is 5.92 Å². The number of benzene rings is 1. The van der Waals surface area contributed by atoms with Gasteiger partial charge >= 0.3 is 7.12 Å². The summed E-state index contributed by atoms with van der Waals surface area (Å²) in [5, 5.41) is 9.83. The maximum Gasteiger partial charge on any atom is 0.494 e. The van der Waals surface area contributed by atoms with Crippen molar-refractivity contribution in [3.05, 3.63) is 29.8 Å². The number of hydrogen-bond acceptors (Lipinski definition) is 4. The first-order valence-electron chi connectivity index (χ1n) is 7.99. The Morgan fingerprint density at radius 1 is 1.05 bits per heavy atom. The number of aliphatic hydroxyl groups is 1. The summed E-state index contributed by atoms with van der Waals surface area (Å²) in [7, 11) is -0.320. The minimum atomic E-state index is -0.345. The van der Waals surface area contributed by atoms with Crippen molar-refractivity contribution < 1.29 is 19.2 Å². The molecular weight excluding hydrogens is 279 g/mol. The Balaban J connectivity index is 1.67. The van der Waals surface area contributed by atoms with Gasteiger partial charge < -0.3 is 19.2 Å². The van der Waals surface area contributed by atoms with Crippen molar-refractivity contribution in [1.82, 2.24) is 0 Å². The Hall–Kier alpha value is -0.875. The smallest absolute Gasteiger partial charge is 0.399 e. The van der Waals surface area contributed by atoms with Gasteiger partial charge in [0.25, 0.3) is 0 Å². The van der Waals surface area contributed by atoms with Gasteiger partial charge in [-0.05, 0) is 45.1 Å². The third-order valence-electron chi connectivity index (χ3n) is 5.17. The molecule has 0 saturated carbocycles. The molecule has 0 unspecified atom stereocenters. The summed E-state index contributed by atoms with van der Waals surface area (Å²) in [6.45, 7) is 9.33. The van der Waals surface area contributed by atoms with Crippen molar-refractivity contribution in [2.45, 2.75) is 51.4 Å². The number of hydrogen-bond donors (Lipinski definition) is 1. The molecule has 1 N–H and O–H groups in total. The summed E-state index contributed by atoms with van der Waals surface area (Å²) < 4.78 is 17.4. The van der Waals surface area contributed by atoms with Crippen LogP contribution >= 0.6 is 0 Å². The molecule has 3 rings (SSSR count). The van der Waals surface area contributed by atoms with E-state index in [1.54, 1.807) is 0 Å². The van der Waals surface area contributed by atoms with Crippen molar-refractivity contribution in [1.29, 1.82) is 0 Å². The molecule has 0 radical (unpaired) electrons. The molecule has 0 bridgehead atoms. The standard InChI is InChI=1S/C17H25BO4/c1-16(2)17(3,4)22-18(21-16)14-7-5-12(6-8-14)9-13-10-20-11-15(13)19/h5-8,13,15,19H,9-11H2,1-4H3/t13-,15-/m0/s1. The van der Waals surface area contributed by atoms with Crippen LogP contribution in [0.3, 0.4) is 0 Å². The SMILES string of the molecule is CC1(C)OB(c2ccc(C[C@H]3COC[C@@H]3O)cc2)OC1(C)C. The van der Waals surface area contributed by atoms with E-state index in [1.807, 2.05) is 0 Å². The fourth-order valence-electron chi connectivity index (χ4n) is 2.88. The molecule has 2 aliphatic rings. The van der Waals surface area contributed by atoms with Crippen LogP contribution in [0.25, 0.3) is 0 Å². The van der Waals surface area contributed by atoms with Gasteiger partial charge in [0.1, 0.15) is 0 Å². The molecule has 5 heteroatoms. The molecule has 0 aromatic heterocycles. The Kier molecular flexibility index (Phi) is 4.10. The zero-order valence-corrected chi connectivity index (χ0v) is 13.8. The molecule has 120 valence electrons. The van der Waals surface area contributed by atoms with Gasteiger partial charge in [-0.25, -0.2) is 0 Å². The summed E-state index contributed by atoms with van der Waals surface area (Å²) in [4.78, 5) is 0. The molecule has 2 atom stereocenters. The van der Waals surface area contributed by atoms with E-state index >= 15 is 0 Å². The fourth-order valence-corrected chi connectivity index (χ4v) is 2.88. The van der Waals surface area contributed by atoms with Gasteiger partial charge in [-0.2, -0.15) is 0 Å². The summed E-state index contributed by atoms with van der Waals surface area (Å²) in [5.41, 5.74) is 1.60. The highest BCUT2D eigenvalue weighted by atomic mass is 16.7. The zero-order chi connectivity index (χ0) is 16.0. The highest BCUT2D eigenvalue weighted by Gasteiger charge is 2.51. The van der Waals surface area contributed by atoms with E-state index < -0.39 is 0 Å². The molecule has 1 aromatic carbocycles. The van der Waals surface area contributed by atoms with Crippen molar-refractivity contribution in [3.63, 3.8) is 0 Å². The van der Waals surface area contributed by atoms with Gasteiger partial charge in [-0.1, -0.05) is 24.3 Å². The maximum atomic E-state index is 9.83. The molecular formula is C17H25BO4. The van der Waals surface area contributed by atoms with Crippen molar-refractivity contribution in [2.75, 3.05) is 13.2 Å². The van der Waals surface area contributed by atoms with E-state index in [4.69, 9.17) is 14.0 Å². The lowest BCUT2D eigenvalue weighted by atomic mass is 9.78. The zero-order valence-electron chi connectivity index (χ0n) is 13.8. The number of aliphatic hydroxyl groups excluding tert-OH is 1. The Labute approximate surface area is 132 Å². The fraction of sp³-hybridized carbons (Fsp3) is 0.647. The second-order valence-corrected chi connectivity index (χ2v) is 7.40. The van der Waals surface area contributed by atoms with Gasteiger partial charge in [0.15, 0.2) is 0 Å². The van der Waals surface area contributed by atoms with Gasteiger partial charge in [0.05, 0.1) is 30.5 Å². The second-order valence-electron chi connectivity index (χ2n) is 7.40. The van der Waals surface area contributed by atoms with Crippen molar-refractivity contribution >= 4 is 12.6 Å². The van der Waals surface area contributed by atoms with E-state index in [0.29, 0.717) is 13.2 Å². The van der Waals surface area contributed by atoms with Gasteiger partial charge in [0, 0.05) is 5.92 Å². The van der Waals surface area contributed by atoms with Gasteiger partial charge in [-0.3, -0.25) is 0 Å². The average molecular weight is 304 g/mol. The molecule has 4 nitrogen and oxygen atoms in total. The van der Waals surface area contributed by atoms with Crippen LogP contribution in [0.15, 0.2) is 24.3 Å². The van der Waals surface area contributed by atoms with E-state index in [0.717, 1.165) is 11.9 Å². The highest BCUT2D eigenvalue weighted by molar-refractivity contribution is 6.62. The summed E-state index contributed by atoms with van der Waals surface area (Å²) in [6, 6.07) is 8.29. The lowest BCUT2D eigenvalue weighted by molar-refractivity contribution is 0.00578. The molecule has 0 aliphatic carbocycles. The first-order chi connectivity index (χ1) is 10.3. The topological polar surface area (TPSA) is 47.9 Å². The van der Waals surface area contributed by atoms with Crippen LogP contribution in [0.2, 0.25) is 0 Å². The molecule has 22 heavy (non-hydrogen) atoms. The predicted molar refractivity (Wildman–Crippen MR) is 86.2 cm³/mol. The lowest BCUT2D eigenvalue weighted by Gasteiger charge is -2.32.